The van der Waals surface area contributed by atoms with Gasteiger partial charge in [0.05, 0.1) is 24.8 Å². The molecule has 0 amide bonds. The summed E-state index contributed by atoms with van der Waals surface area (Å²) in [4.78, 5) is 6.72. The van der Waals surface area contributed by atoms with Crippen molar-refractivity contribution in [1.29, 1.82) is 5.26 Å². The number of benzene rings is 1. The zero-order valence-electron chi connectivity index (χ0n) is 14.1. The molecule has 7 heteroatoms. The second kappa shape index (κ2) is 10.5. The highest BCUT2D eigenvalue weighted by atomic mass is 127. The van der Waals surface area contributed by atoms with Crippen molar-refractivity contribution in [2.24, 2.45) is 10.9 Å². The van der Waals surface area contributed by atoms with Crippen LogP contribution in [0.4, 0.5) is 4.39 Å². The Kier molecular flexibility index (Phi) is 9.00. The molecular weight excluding hydrogens is 422 g/mol. The normalized spacial score (nSPS) is 17.3. The van der Waals surface area contributed by atoms with Crippen LogP contribution in [-0.4, -0.2) is 44.2 Å². The lowest BCUT2D eigenvalue weighted by molar-refractivity contribution is 0.157. The second-order valence-corrected chi connectivity index (χ2v) is 5.64. The zero-order chi connectivity index (χ0) is 16.7. The molecule has 1 unspecified atom stereocenters. The zero-order valence-corrected chi connectivity index (χ0v) is 16.4. The fourth-order valence-corrected chi connectivity index (χ4v) is 2.75. The maximum atomic E-state index is 13.9. The van der Waals surface area contributed by atoms with Gasteiger partial charge in [0, 0.05) is 38.2 Å². The van der Waals surface area contributed by atoms with Gasteiger partial charge in [0.15, 0.2) is 5.96 Å². The summed E-state index contributed by atoms with van der Waals surface area (Å²) in [6.07, 6.45) is 1.07. The van der Waals surface area contributed by atoms with E-state index in [1.54, 1.807) is 13.2 Å². The highest BCUT2D eigenvalue weighted by Gasteiger charge is 2.24. The Labute approximate surface area is 159 Å². The van der Waals surface area contributed by atoms with Gasteiger partial charge in [0.1, 0.15) is 5.82 Å². The van der Waals surface area contributed by atoms with Crippen LogP contribution in [0.25, 0.3) is 0 Å². The van der Waals surface area contributed by atoms with Crippen molar-refractivity contribution in [2.75, 3.05) is 33.4 Å². The number of aliphatic imine (C=N–C) groups is 1. The summed E-state index contributed by atoms with van der Waals surface area (Å²) in [5.41, 5.74) is 0.884. The number of halogens is 2. The van der Waals surface area contributed by atoms with Gasteiger partial charge in [0.2, 0.25) is 0 Å². The fraction of sp³-hybridized carbons (Fsp3) is 0.529. The number of hydrogen-bond acceptors (Lipinski definition) is 3. The molecule has 0 aliphatic carbocycles. The molecule has 1 fully saturated rings. The second-order valence-electron chi connectivity index (χ2n) is 5.64. The van der Waals surface area contributed by atoms with E-state index in [0.717, 1.165) is 38.6 Å². The summed E-state index contributed by atoms with van der Waals surface area (Å²) in [5, 5.41) is 12.2. The van der Waals surface area contributed by atoms with Crippen LogP contribution in [0.3, 0.4) is 0 Å². The summed E-state index contributed by atoms with van der Waals surface area (Å²) < 4.78 is 19.1. The third-order valence-corrected chi connectivity index (χ3v) is 3.90. The number of methoxy groups -OCH3 is 1. The van der Waals surface area contributed by atoms with Gasteiger partial charge in [-0.15, -0.1) is 24.0 Å². The van der Waals surface area contributed by atoms with Crippen LogP contribution >= 0.6 is 24.0 Å². The van der Waals surface area contributed by atoms with Crippen molar-refractivity contribution in [2.45, 2.75) is 19.9 Å². The van der Waals surface area contributed by atoms with E-state index in [0.29, 0.717) is 17.0 Å². The topological polar surface area (TPSA) is 60.7 Å². The van der Waals surface area contributed by atoms with Crippen LogP contribution in [0.15, 0.2) is 23.2 Å². The smallest absolute Gasteiger partial charge is 0.194 e. The summed E-state index contributed by atoms with van der Waals surface area (Å²) >= 11 is 0. The van der Waals surface area contributed by atoms with Gasteiger partial charge in [-0.3, -0.25) is 0 Å². The van der Waals surface area contributed by atoms with Crippen LogP contribution < -0.4 is 5.32 Å². The summed E-state index contributed by atoms with van der Waals surface area (Å²) in [7, 11) is 1.72. The average molecular weight is 446 g/mol. The first-order chi connectivity index (χ1) is 11.2. The van der Waals surface area contributed by atoms with E-state index in [-0.39, 0.29) is 36.3 Å². The molecule has 2 rings (SSSR count). The minimum atomic E-state index is -0.331. The molecule has 5 nitrogen and oxygen atoms in total. The molecule has 0 saturated carbocycles. The molecule has 1 aliphatic rings. The van der Waals surface area contributed by atoms with E-state index in [1.807, 2.05) is 13.0 Å². The van der Waals surface area contributed by atoms with Crippen molar-refractivity contribution >= 4 is 29.9 Å². The standard InChI is InChI=1S/C17H23FN4O.HI/c1-3-20-17(22-7-6-14(11-22)12-23-2)21-10-15-8-13(9-19)4-5-16(15)18;/h4-5,8,14H,3,6-7,10-12H2,1-2H3,(H,20,21);1H. The largest absolute Gasteiger partial charge is 0.384 e. The Morgan fingerprint density at radius 2 is 2.33 bits per heavy atom. The Hall–Kier alpha value is -1.40. The third kappa shape index (κ3) is 5.60. The molecule has 1 aromatic carbocycles. The van der Waals surface area contributed by atoms with Gasteiger partial charge in [-0.2, -0.15) is 5.26 Å². The number of nitriles is 1. The van der Waals surface area contributed by atoms with Gasteiger partial charge in [-0.05, 0) is 31.5 Å². The predicted molar refractivity (Wildman–Crippen MR) is 103 cm³/mol. The molecule has 0 aromatic heterocycles. The minimum Gasteiger partial charge on any atom is -0.384 e. The van der Waals surface area contributed by atoms with E-state index in [2.05, 4.69) is 15.2 Å². The molecular formula is C17H24FIN4O. The monoisotopic (exact) mass is 446 g/mol. The highest BCUT2D eigenvalue weighted by molar-refractivity contribution is 14.0. The first-order valence-corrected chi connectivity index (χ1v) is 7.88. The van der Waals surface area contributed by atoms with E-state index in [4.69, 9.17) is 10.00 Å². The Bertz CT molecular complexity index is 603. The molecule has 1 heterocycles. The molecule has 1 saturated heterocycles. The van der Waals surface area contributed by atoms with Crippen LogP contribution in [-0.2, 0) is 11.3 Å². The SMILES string of the molecule is CCNC(=NCc1cc(C#N)ccc1F)N1CCC(COC)C1.I. The van der Waals surface area contributed by atoms with Gasteiger partial charge < -0.3 is 15.0 Å². The molecule has 24 heavy (non-hydrogen) atoms. The average Bonchev–Trinajstić information content (AvgIpc) is 3.01. The van der Waals surface area contributed by atoms with Crippen LogP contribution in [0.5, 0.6) is 0 Å². The van der Waals surface area contributed by atoms with Crippen molar-refractivity contribution < 1.29 is 9.13 Å². The van der Waals surface area contributed by atoms with Gasteiger partial charge in [0.25, 0.3) is 0 Å². The number of hydrogen-bond donors (Lipinski definition) is 1. The van der Waals surface area contributed by atoms with Gasteiger partial charge in [-0.1, -0.05) is 0 Å². The first-order valence-electron chi connectivity index (χ1n) is 7.88. The maximum absolute atomic E-state index is 13.9. The Balaban J connectivity index is 0.00000288. The van der Waals surface area contributed by atoms with Crippen LogP contribution in [0.2, 0.25) is 0 Å². The van der Waals surface area contributed by atoms with Gasteiger partial charge in [-0.25, -0.2) is 9.38 Å². The lowest BCUT2D eigenvalue weighted by atomic mass is 10.1. The summed E-state index contributed by atoms with van der Waals surface area (Å²) in [5.74, 6) is 0.956. The molecule has 1 aliphatic heterocycles. The number of ether oxygens (including phenoxy) is 1. The van der Waals surface area contributed by atoms with Crippen molar-refractivity contribution in [3.63, 3.8) is 0 Å². The van der Waals surface area contributed by atoms with Crippen LogP contribution in [0.1, 0.15) is 24.5 Å². The number of guanidine groups is 1. The molecule has 1 atom stereocenters. The molecule has 0 bridgehead atoms. The quantitative estimate of drug-likeness (QED) is 0.430. The Morgan fingerprint density at radius 1 is 1.54 bits per heavy atom. The number of likely N-dealkylation sites (tertiary alicyclic amines) is 1. The number of rotatable bonds is 5. The van der Waals surface area contributed by atoms with Crippen molar-refractivity contribution in [3.8, 4) is 6.07 Å². The third-order valence-electron chi connectivity index (χ3n) is 3.90. The Morgan fingerprint density at radius 3 is 3.00 bits per heavy atom. The van der Waals surface area contributed by atoms with E-state index < -0.39 is 0 Å². The van der Waals surface area contributed by atoms with E-state index in [1.165, 1.54) is 12.1 Å². The molecule has 0 radical (unpaired) electrons. The highest BCUT2D eigenvalue weighted by Crippen LogP contribution is 2.17. The van der Waals surface area contributed by atoms with Crippen molar-refractivity contribution in [1.82, 2.24) is 10.2 Å². The maximum Gasteiger partial charge on any atom is 0.194 e. The van der Waals surface area contributed by atoms with Crippen LogP contribution in [0, 0.1) is 23.1 Å². The predicted octanol–water partition coefficient (Wildman–Crippen LogP) is 2.75. The number of nitrogens with zero attached hydrogens (tertiary/aromatic N) is 3. The molecule has 132 valence electrons. The molecule has 1 N–H and O–H groups in total. The molecule has 1 aromatic rings. The lowest BCUT2D eigenvalue weighted by Crippen LogP contribution is -2.40. The first kappa shape index (κ1) is 20.6. The summed E-state index contributed by atoms with van der Waals surface area (Å²) in [6.45, 7) is 5.53. The summed E-state index contributed by atoms with van der Waals surface area (Å²) in [6, 6.07) is 6.38. The van der Waals surface area contributed by atoms with E-state index in [9.17, 15) is 4.39 Å². The van der Waals surface area contributed by atoms with Crippen molar-refractivity contribution in [3.05, 3.63) is 35.1 Å². The number of nitrogens with one attached hydrogen (secondary N) is 1. The van der Waals surface area contributed by atoms with E-state index >= 15 is 0 Å². The fourth-order valence-electron chi connectivity index (χ4n) is 2.75. The van der Waals surface area contributed by atoms with Gasteiger partial charge >= 0.3 is 0 Å². The molecule has 0 spiro atoms. The minimum absolute atomic E-state index is 0. The lowest BCUT2D eigenvalue weighted by Gasteiger charge is -2.21.